The van der Waals surface area contributed by atoms with Gasteiger partial charge in [0.05, 0.1) is 5.92 Å². The van der Waals surface area contributed by atoms with E-state index in [1.165, 1.54) is 7.11 Å². The number of hydrogen-bond donors (Lipinski definition) is 0. The lowest BCUT2D eigenvalue weighted by Gasteiger charge is -2.09. The summed E-state index contributed by atoms with van der Waals surface area (Å²) >= 11 is 0. The zero-order valence-corrected chi connectivity index (χ0v) is 8.80. The summed E-state index contributed by atoms with van der Waals surface area (Å²) in [6, 6.07) is 9.36. The quantitative estimate of drug-likeness (QED) is 0.322. The first-order valence-corrected chi connectivity index (χ1v) is 4.63. The van der Waals surface area contributed by atoms with Gasteiger partial charge in [0.1, 0.15) is 0 Å². The van der Waals surface area contributed by atoms with Crippen LogP contribution in [0.25, 0.3) is 0 Å². The molecule has 0 bridgehead atoms. The Kier molecular flexibility index (Phi) is 4.80. The molecule has 1 unspecified atom stereocenters. The third-order valence-corrected chi connectivity index (χ3v) is 1.96. The molecule has 0 saturated heterocycles. The second-order valence-corrected chi connectivity index (χ2v) is 3.06. The lowest BCUT2D eigenvalue weighted by atomic mass is 10.0. The Morgan fingerprint density at radius 3 is 2.60 bits per heavy atom. The summed E-state index contributed by atoms with van der Waals surface area (Å²) < 4.78 is 4.58. The Hall–Kier alpha value is -1.39. The highest BCUT2D eigenvalue weighted by molar-refractivity contribution is 5.77. The summed E-state index contributed by atoms with van der Waals surface area (Å²) in [7, 11) is 1.45. The predicted molar refractivity (Wildman–Crippen MR) is 53.9 cm³/mol. The van der Waals surface area contributed by atoms with Crippen molar-refractivity contribution >= 4 is 5.97 Å². The Morgan fingerprint density at radius 1 is 1.33 bits per heavy atom. The van der Waals surface area contributed by atoms with Gasteiger partial charge >= 0.3 is 5.97 Å². The van der Waals surface area contributed by atoms with Gasteiger partial charge in [0.2, 0.25) is 0 Å². The maximum atomic E-state index is 11.4. The van der Waals surface area contributed by atoms with E-state index < -0.39 is 5.97 Å². The lowest BCUT2D eigenvalue weighted by Crippen LogP contribution is -2.14. The first-order valence-electron chi connectivity index (χ1n) is 4.63. The van der Waals surface area contributed by atoms with Gasteiger partial charge in [-0.3, -0.25) is 4.89 Å². The fourth-order valence-corrected chi connectivity index (χ4v) is 1.08. The lowest BCUT2D eigenvalue weighted by molar-refractivity contribution is -0.307. The van der Waals surface area contributed by atoms with Crippen molar-refractivity contribution in [3.63, 3.8) is 0 Å². The third-order valence-electron chi connectivity index (χ3n) is 1.96. The van der Waals surface area contributed by atoms with E-state index in [1.54, 1.807) is 6.92 Å². The molecule has 1 aromatic rings. The van der Waals surface area contributed by atoms with Crippen molar-refractivity contribution in [2.75, 3.05) is 13.9 Å². The van der Waals surface area contributed by atoms with Gasteiger partial charge in [0.25, 0.3) is 0 Å². The van der Waals surface area contributed by atoms with Crippen LogP contribution in [0.5, 0.6) is 0 Å². The van der Waals surface area contributed by atoms with E-state index in [0.29, 0.717) is 0 Å². The number of ether oxygens (including phenoxy) is 1. The van der Waals surface area contributed by atoms with Gasteiger partial charge in [0.15, 0.2) is 6.79 Å². The molecule has 0 heterocycles. The van der Waals surface area contributed by atoms with Crippen molar-refractivity contribution in [1.82, 2.24) is 0 Å². The smallest absolute Gasteiger partial charge is 0.349 e. The fraction of sp³-hybridized carbons (Fsp3) is 0.364. The van der Waals surface area contributed by atoms with Crippen LogP contribution in [-0.4, -0.2) is 19.9 Å². The monoisotopic (exact) mass is 210 g/mol. The van der Waals surface area contributed by atoms with E-state index in [9.17, 15) is 4.79 Å². The van der Waals surface area contributed by atoms with Crippen LogP contribution in [-0.2, 0) is 19.3 Å². The number of hydrogen-bond acceptors (Lipinski definition) is 4. The zero-order chi connectivity index (χ0) is 11.1. The second kappa shape index (κ2) is 6.16. The number of rotatable bonds is 5. The Labute approximate surface area is 88.7 Å². The molecule has 1 atom stereocenters. The molecule has 15 heavy (non-hydrogen) atoms. The summed E-state index contributed by atoms with van der Waals surface area (Å²) in [5.41, 5.74) is 0.892. The van der Waals surface area contributed by atoms with Crippen LogP contribution in [0.15, 0.2) is 30.3 Å². The Morgan fingerprint density at radius 2 is 2.00 bits per heavy atom. The van der Waals surface area contributed by atoms with Crippen molar-refractivity contribution in [1.29, 1.82) is 0 Å². The van der Waals surface area contributed by atoms with Crippen LogP contribution < -0.4 is 0 Å². The highest BCUT2D eigenvalue weighted by Crippen LogP contribution is 2.15. The zero-order valence-electron chi connectivity index (χ0n) is 8.80. The summed E-state index contributed by atoms with van der Waals surface area (Å²) in [4.78, 5) is 20.5. The highest BCUT2D eigenvalue weighted by atomic mass is 17.2. The summed E-state index contributed by atoms with van der Waals surface area (Å²) in [5.74, 6) is -0.777. The molecular weight excluding hydrogens is 196 g/mol. The molecule has 0 saturated carbocycles. The van der Waals surface area contributed by atoms with Crippen LogP contribution in [0.4, 0.5) is 0 Å². The van der Waals surface area contributed by atoms with E-state index in [-0.39, 0.29) is 12.7 Å². The molecule has 0 aliphatic rings. The van der Waals surface area contributed by atoms with Gasteiger partial charge in [-0.2, -0.15) is 4.89 Å². The SMILES string of the molecule is COCOOC(=O)C(C)c1ccccc1. The molecule has 1 rings (SSSR count). The third kappa shape index (κ3) is 3.69. The Bertz CT molecular complexity index is 297. The van der Waals surface area contributed by atoms with E-state index in [4.69, 9.17) is 0 Å². The summed E-state index contributed by atoms with van der Waals surface area (Å²) in [6.45, 7) is 1.70. The first kappa shape index (κ1) is 11.7. The molecule has 0 spiro atoms. The van der Waals surface area contributed by atoms with E-state index >= 15 is 0 Å². The van der Waals surface area contributed by atoms with Crippen molar-refractivity contribution in [3.05, 3.63) is 35.9 Å². The maximum absolute atomic E-state index is 11.4. The molecule has 0 amide bonds. The fourth-order valence-electron chi connectivity index (χ4n) is 1.08. The molecule has 4 heteroatoms. The molecule has 0 aliphatic carbocycles. The number of carbonyl (C=O) groups is 1. The topological polar surface area (TPSA) is 44.8 Å². The molecule has 4 nitrogen and oxygen atoms in total. The average molecular weight is 210 g/mol. The van der Waals surface area contributed by atoms with E-state index in [0.717, 1.165) is 5.56 Å². The van der Waals surface area contributed by atoms with Gasteiger partial charge in [-0.15, -0.1) is 0 Å². The van der Waals surface area contributed by atoms with Crippen molar-refractivity contribution in [2.45, 2.75) is 12.8 Å². The number of carbonyl (C=O) groups excluding carboxylic acids is 1. The normalized spacial score (nSPS) is 12.1. The van der Waals surface area contributed by atoms with Crippen molar-refractivity contribution in [2.24, 2.45) is 0 Å². The van der Waals surface area contributed by atoms with Gasteiger partial charge < -0.3 is 4.74 Å². The maximum Gasteiger partial charge on any atom is 0.349 e. The minimum absolute atomic E-state index is 0.0623. The standard InChI is InChI=1S/C11H14O4/c1-9(10-6-4-3-5-7-10)11(12)15-14-8-13-2/h3-7,9H,8H2,1-2H3. The van der Waals surface area contributed by atoms with Gasteiger partial charge in [0, 0.05) is 7.11 Å². The minimum Gasteiger partial charge on any atom is -0.355 e. The predicted octanol–water partition coefficient (Wildman–Crippen LogP) is 1.87. The molecule has 0 aromatic heterocycles. The Balaban J connectivity index is 2.46. The summed E-state index contributed by atoms with van der Waals surface area (Å²) in [5, 5.41) is 0. The molecule has 0 radical (unpaired) electrons. The molecule has 1 aromatic carbocycles. The second-order valence-electron chi connectivity index (χ2n) is 3.06. The van der Waals surface area contributed by atoms with E-state index in [1.807, 2.05) is 30.3 Å². The molecule has 0 aliphatic heterocycles. The van der Waals surface area contributed by atoms with E-state index in [2.05, 4.69) is 14.5 Å². The number of methoxy groups -OCH3 is 1. The minimum atomic E-state index is -0.432. The van der Waals surface area contributed by atoms with Gasteiger partial charge in [-0.25, -0.2) is 4.79 Å². The van der Waals surface area contributed by atoms with Crippen LogP contribution in [0.2, 0.25) is 0 Å². The average Bonchev–Trinajstić information content (AvgIpc) is 2.29. The van der Waals surface area contributed by atoms with Crippen LogP contribution >= 0.6 is 0 Å². The first-order chi connectivity index (χ1) is 7.25. The van der Waals surface area contributed by atoms with Gasteiger partial charge in [-0.05, 0) is 12.5 Å². The van der Waals surface area contributed by atoms with Crippen LogP contribution in [0.1, 0.15) is 18.4 Å². The largest absolute Gasteiger partial charge is 0.355 e. The van der Waals surface area contributed by atoms with Crippen LogP contribution in [0, 0.1) is 0 Å². The van der Waals surface area contributed by atoms with Crippen molar-refractivity contribution < 1.29 is 19.3 Å². The molecule has 0 fully saturated rings. The molecular formula is C11H14O4. The van der Waals surface area contributed by atoms with Crippen molar-refractivity contribution in [3.8, 4) is 0 Å². The number of benzene rings is 1. The van der Waals surface area contributed by atoms with Gasteiger partial charge in [-0.1, -0.05) is 30.3 Å². The molecule has 82 valence electrons. The molecule has 0 N–H and O–H groups in total. The highest BCUT2D eigenvalue weighted by Gasteiger charge is 2.17. The summed E-state index contributed by atoms with van der Waals surface area (Å²) in [6.07, 6.45) is 0. The van der Waals surface area contributed by atoms with Crippen LogP contribution in [0.3, 0.4) is 0 Å².